The van der Waals surface area contributed by atoms with E-state index in [0.717, 1.165) is 54.9 Å². The molecule has 1 atom stereocenters. The predicted molar refractivity (Wildman–Crippen MR) is 105 cm³/mol. The third-order valence-corrected chi connectivity index (χ3v) is 5.79. The molecule has 2 aromatic carbocycles. The Bertz CT molecular complexity index is 888. The van der Waals surface area contributed by atoms with Crippen molar-refractivity contribution in [1.82, 2.24) is 0 Å². The van der Waals surface area contributed by atoms with Crippen LogP contribution in [0.1, 0.15) is 54.2 Å². The first-order valence-corrected chi connectivity index (χ1v) is 9.52. The van der Waals surface area contributed by atoms with E-state index in [1.807, 2.05) is 6.07 Å². The molecule has 27 heavy (non-hydrogen) atoms. The molecular weight excluding hydrogens is 343 g/mol. The number of fused-ring (bicyclic) bond motifs is 1. The molecule has 2 aliphatic rings. The third kappa shape index (κ3) is 3.38. The number of anilines is 2. The van der Waals surface area contributed by atoms with Crippen molar-refractivity contribution in [1.29, 1.82) is 0 Å². The number of rotatable bonds is 3. The van der Waals surface area contributed by atoms with Crippen molar-refractivity contribution in [3.05, 3.63) is 58.9 Å². The Balaban J connectivity index is 1.70. The van der Waals surface area contributed by atoms with E-state index in [-0.39, 0.29) is 17.3 Å². The lowest BCUT2D eigenvalue weighted by atomic mass is 9.72. The van der Waals surface area contributed by atoms with E-state index in [4.69, 9.17) is 0 Å². The number of nitrogens with one attached hydrogen (secondary N) is 1. The highest BCUT2D eigenvalue weighted by atomic mass is 19.1. The zero-order valence-electron chi connectivity index (χ0n) is 15.8. The quantitative estimate of drug-likeness (QED) is 0.812. The molecule has 0 bridgehead atoms. The van der Waals surface area contributed by atoms with Gasteiger partial charge in [0.2, 0.25) is 0 Å². The lowest BCUT2D eigenvalue weighted by Crippen LogP contribution is -2.35. The standard InChI is InChI=1S/C22H25FN2O2/c1-22(2)13-16-9-14(21(26)27)5-6-19(16)24-20(22)15-10-17(23)12-18(11-15)25-7-3-4-8-25/h5-6,9-12,20,24H,3-4,7-8,13H2,1-2H3,(H,26,27). The molecule has 2 heterocycles. The molecule has 1 fully saturated rings. The summed E-state index contributed by atoms with van der Waals surface area (Å²) in [5, 5.41) is 12.8. The minimum absolute atomic E-state index is 0.0438. The zero-order chi connectivity index (χ0) is 19.2. The molecule has 0 aromatic heterocycles. The first-order chi connectivity index (χ1) is 12.8. The number of halogens is 1. The van der Waals surface area contributed by atoms with Gasteiger partial charge in [-0.15, -0.1) is 0 Å². The van der Waals surface area contributed by atoms with Crippen LogP contribution in [-0.4, -0.2) is 24.2 Å². The summed E-state index contributed by atoms with van der Waals surface area (Å²) in [4.78, 5) is 13.5. The second kappa shape index (κ2) is 6.55. The molecule has 1 saturated heterocycles. The van der Waals surface area contributed by atoms with E-state index in [0.29, 0.717) is 5.56 Å². The molecule has 0 aliphatic carbocycles. The van der Waals surface area contributed by atoms with Crippen LogP contribution in [0.3, 0.4) is 0 Å². The number of hydrogen-bond acceptors (Lipinski definition) is 3. The van der Waals surface area contributed by atoms with Crippen molar-refractivity contribution < 1.29 is 14.3 Å². The summed E-state index contributed by atoms with van der Waals surface area (Å²) >= 11 is 0. The number of nitrogens with zero attached hydrogens (tertiary/aromatic N) is 1. The fourth-order valence-electron chi connectivity index (χ4n) is 4.41. The van der Waals surface area contributed by atoms with E-state index in [1.54, 1.807) is 24.3 Å². The number of carboxylic acid groups (broad SMARTS) is 1. The molecule has 2 aromatic rings. The molecule has 0 amide bonds. The van der Waals surface area contributed by atoms with Gasteiger partial charge in [0.1, 0.15) is 5.82 Å². The molecule has 2 N–H and O–H groups in total. The molecular formula is C22H25FN2O2. The summed E-state index contributed by atoms with van der Waals surface area (Å²) in [5.74, 6) is -1.13. The molecule has 1 unspecified atom stereocenters. The topological polar surface area (TPSA) is 52.6 Å². The van der Waals surface area contributed by atoms with Crippen LogP contribution in [-0.2, 0) is 6.42 Å². The fraction of sp³-hybridized carbons (Fsp3) is 0.409. The monoisotopic (exact) mass is 368 g/mol. The Labute approximate surface area is 159 Å². The highest BCUT2D eigenvalue weighted by Crippen LogP contribution is 2.45. The normalized spacial score (nSPS) is 20.9. The lowest BCUT2D eigenvalue weighted by molar-refractivity contribution is 0.0696. The number of hydrogen-bond donors (Lipinski definition) is 2. The Morgan fingerprint density at radius 2 is 1.93 bits per heavy atom. The summed E-state index contributed by atoms with van der Waals surface area (Å²) in [5.41, 5.74) is 3.93. The van der Waals surface area contributed by atoms with Gasteiger partial charge in [-0.25, -0.2) is 9.18 Å². The zero-order valence-corrected chi connectivity index (χ0v) is 15.8. The smallest absolute Gasteiger partial charge is 0.335 e. The second-order valence-electron chi connectivity index (χ2n) is 8.36. The van der Waals surface area contributed by atoms with Gasteiger partial charge in [-0.05, 0) is 72.2 Å². The van der Waals surface area contributed by atoms with Crippen LogP contribution in [0.25, 0.3) is 0 Å². The van der Waals surface area contributed by atoms with E-state index in [2.05, 4.69) is 30.1 Å². The summed E-state index contributed by atoms with van der Waals surface area (Å²) < 4.78 is 14.4. The van der Waals surface area contributed by atoms with Crippen molar-refractivity contribution in [2.24, 2.45) is 5.41 Å². The Hall–Kier alpha value is -2.56. The van der Waals surface area contributed by atoms with Crippen molar-refractivity contribution in [3.63, 3.8) is 0 Å². The molecule has 5 heteroatoms. The SMILES string of the molecule is CC1(C)Cc2cc(C(=O)O)ccc2NC1c1cc(F)cc(N2CCCC2)c1. The van der Waals surface area contributed by atoms with Crippen LogP contribution in [0.4, 0.5) is 15.8 Å². The van der Waals surface area contributed by atoms with Gasteiger partial charge in [0.25, 0.3) is 0 Å². The third-order valence-electron chi connectivity index (χ3n) is 5.79. The average molecular weight is 368 g/mol. The van der Waals surface area contributed by atoms with Crippen molar-refractivity contribution in [3.8, 4) is 0 Å². The highest BCUT2D eigenvalue weighted by Gasteiger charge is 2.36. The number of carboxylic acids is 1. The van der Waals surface area contributed by atoms with Gasteiger partial charge >= 0.3 is 5.97 Å². The van der Waals surface area contributed by atoms with Gasteiger partial charge in [-0.3, -0.25) is 0 Å². The van der Waals surface area contributed by atoms with Gasteiger partial charge in [-0.1, -0.05) is 13.8 Å². The summed E-state index contributed by atoms with van der Waals surface area (Å²) in [7, 11) is 0. The Morgan fingerprint density at radius 3 is 2.63 bits per heavy atom. The summed E-state index contributed by atoms with van der Waals surface area (Å²) in [6.07, 6.45) is 3.04. The number of benzene rings is 2. The maximum Gasteiger partial charge on any atom is 0.335 e. The van der Waals surface area contributed by atoms with Crippen LogP contribution >= 0.6 is 0 Å². The molecule has 4 nitrogen and oxygen atoms in total. The first-order valence-electron chi connectivity index (χ1n) is 9.52. The van der Waals surface area contributed by atoms with Crippen molar-refractivity contribution >= 4 is 17.3 Å². The van der Waals surface area contributed by atoms with Crippen LogP contribution in [0.5, 0.6) is 0 Å². The largest absolute Gasteiger partial charge is 0.478 e. The first kappa shape index (κ1) is 17.8. The minimum atomic E-state index is -0.918. The van der Waals surface area contributed by atoms with Crippen LogP contribution in [0.15, 0.2) is 36.4 Å². The van der Waals surface area contributed by atoms with E-state index >= 15 is 0 Å². The lowest BCUT2D eigenvalue weighted by Gasteiger charge is -2.41. The maximum atomic E-state index is 14.4. The van der Waals surface area contributed by atoms with E-state index in [1.165, 1.54) is 0 Å². The van der Waals surface area contributed by atoms with Crippen molar-refractivity contribution in [2.45, 2.75) is 39.2 Å². The van der Waals surface area contributed by atoms with Crippen molar-refractivity contribution in [2.75, 3.05) is 23.3 Å². The summed E-state index contributed by atoms with van der Waals surface area (Å²) in [6, 6.07) is 10.5. The predicted octanol–water partition coefficient (Wildman–Crippen LogP) is 4.86. The average Bonchev–Trinajstić information content (AvgIpc) is 3.14. The maximum absolute atomic E-state index is 14.4. The van der Waals surface area contributed by atoms with E-state index in [9.17, 15) is 14.3 Å². The highest BCUT2D eigenvalue weighted by molar-refractivity contribution is 5.88. The number of carbonyl (C=O) groups is 1. The van der Waals surface area contributed by atoms with Crippen LogP contribution in [0.2, 0.25) is 0 Å². The fourth-order valence-corrected chi connectivity index (χ4v) is 4.41. The molecule has 142 valence electrons. The Morgan fingerprint density at radius 1 is 1.19 bits per heavy atom. The Kier molecular flexibility index (Phi) is 4.33. The van der Waals surface area contributed by atoms with Crippen LogP contribution in [0, 0.1) is 11.2 Å². The van der Waals surface area contributed by atoms with Gasteiger partial charge in [-0.2, -0.15) is 0 Å². The summed E-state index contributed by atoms with van der Waals surface area (Å²) in [6.45, 7) is 6.24. The molecule has 2 aliphatic heterocycles. The second-order valence-corrected chi connectivity index (χ2v) is 8.36. The molecule has 4 rings (SSSR count). The van der Waals surface area contributed by atoms with Gasteiger partial charge < -0.3 is 15.3 Å². The molecule has 0 saturated carbocycles. The van der Waals surface area contributed by atoms with Crippen LogP contribution < -0.4 is 10.2 Å². The van der Waals surface area contributed by atoms with E-state index < -0.39 is 5.97 Å². The minimum Gasteiger partial charge on any atom is -0.478 e. The molecule has 0 radical (unpaired) electrons. The van der Waals surface area contributed by atoms with Gasteiger partial charge in [0.15, 0.2) is 0 Å². The molecule has 0 spiro atoms. The number of aromatic carboxylic acids is 1. The van der Waals surface area contributed by atoms with Gasteiger partial charge in [0, 0.05) is 24.5 Å². The van der Waals surface area contributed by atoms with Gasteiger partial charge in [0.05, 0.1) is 11.6 Å².